The maximum absolute atomic E-state index is 13.2. The smallest absolute Gasteiger partial charge is 0.326 e. The molecule has 0 aliphatic carbocycles. The average Bonchev–Trinajstić information content (AvgIpc) is 2.72. The molecule has 2 aromatic carbocycles. The standard InChI is InChI=1S/C27H37NO6S/c1-26(2,3)34-22-14-12-20(13-15-22)17-23(25(30)31)28-24(29)21(16-19-10-8-7-9-11-19)18-35(32,33)27(4,5)6/h7-15,21,23H,16-18H2,1-6H3,(H,28,29)(H,30,31)/t21-,23+/m1/s1. The molecule has 0 aromatic heterocycles. The molecule has 0 bridgehead atoms. The number of carboxylic acids is 1. The van der Waals surface area contributed by atoms with Crippen LogP contribution in [-0.4, -0.2) is 47.5 Å². The number of hydrogen-bond donors (Lipinski definition) is 2. The van der Waals surface area contributed by atoms with Crippen LogP contribution in [0, 0.1) is 5.92 Å². The van der Waals surface area contributed by atoms with Gasteiger partial charge < -0.3 is 15.2 Å². The predicted octanol–water partition coefficient (Wildman–Crippen LogP) is 4.05. The van der Waals surface area contributed by atoms with Crippen LogP contribution < -0.4 is 10.1 Å². The van der Waals surface area contributed by atoms with Gasteiger partial charge in [-0.2, -0.15) is 0 Å². The topological polar surface area (TPSA) is 110 Å². The highest BCUT2D eigenvalue weighted by Gasteiger charge is 2.35. The highest BCUT2D eigenvalue weighted by molar-refractivity contribution is 7.92. The third-order valence-corrected chi connectivity index (χ3v) is 8.16. The molecule has 0 unspecified atom stereocenters. The lowest BCUT2D eigenvalue weighted by atomic mass is 9.99. The number of amides is 1. The van der Waals surface area contributed by atoms with Gasteiger partial charge in [0.15, 0.2) is 9.84 Å². The Morgan fingerprint density at radius 1 is 0.886 bits per heavy atom. The van der Waals surface area contributed by atoms with E-state index >= 15 is 0 Å². The number of aliphatic carboxylic acids is 1. The van der Waals surface area contributed by atoms with E-state index in [1.807, 2.05) is 51.1 Å². The second kappa shape index (κ2) is 11.2. The normalized spacial score (nSPS) is 14.1. The van der Waals surface area contributed by atoms with Gasteiger partial charge in [0, 0.05) is 6.42 Å². The molecular formula is C27H37NO6S. The first-order chi connectivity index (χ1) is 16.1. The highest BCUT2D eigenvalue weighted by Crippen LogP contribution is 2.22. The van der Waals surface area contributed by atoms with Crippen molar-refractivity contribution in [3.63, 3.8) is 0 Å². The lowest BCUT2D eigenvalue weighted by Crippen LogP contribution is -2.47. The van der Waals surface area contributed by atoms with Gasteiger partial charge in [-0.3, -0.25) is 4.79 Å². The predicted molar refractivity (Wildman–Crippen MR) is 137 cm³/mol. The highest BCUT2D eigenvalue weighted by atomic mass is 32.2. The Kier molecular flexibility index (Phi) is 9.11. The number of nitrogens with one attached hydrogen (secondary N) is 1. The van der Waals surface area contributed by atoms with Crippen molar-refractivity contribution in [2.24, 2.45) is 5.92 Å². The zero-order chi connectivity index (χ0) is 26.4. The summed E-state index contributed by atoms with van der Waals surface area (Å²) in [5, 5.41) is 12.3. The number of hydrogen-bond acceptors (Lipinski definition) is 5. The number of carboxylic acid groups (broad SMARTS) is 1. The number of rotatable bonds is 10. The Balaban J connectivity index is 2.21. The van der Waals surface area contributed by atoms with E-state index < -0.39 is 38.4 Å². The summed E-state index contributed by atoms with van der Waals surface area (Å²) < 4.78 is 30.5. The lowest BCUT2D eigenvalue weighted by Gasteiger charge is -2.25. The van der Waals surface area contributed by atoms with E-state index in [2.05, 4.69) is 5.32 Å². The summed E-state index contributed by atoms with van der Waals surface area (Å²) in [6.07, 6.45) is 0.244. The van der Waals surface area contributed by atoms with Crippen LogP contribution in [0.3, 0.4) is 0 Å². The third-order valence-electron chi connectivity index (χ3n) is 5.45. The van der Waals surface area contributed by atoms with Crippen LogP contribution in [0.1, 0.15) is 52.7 Å². The minimum Gasteiger partial charge on any atom is -0.488 e. The Labute approximate surface area is 208 Å². The molecule has 2 atom stereocenters. The van der Waals surface area contributed by atoms with Crippen LogP contribution in [0.2, 0.25) is 0 Å². The SMILES string of the molecule is CC(C)(C)Oc1ccc(C[C@H](NC(=O)[C@H](Cc2ccccc2)CS(=O)(=O)C(C)(C)C)C(=O)O)cc1. The van der Waals surface area contributed by atoms with Crippen molar-refractivity contribution in [1.82, 2.24) is 5.32 Å². The summed E-state index contributed by atoms with van der Waals surface area (Å²) in [5.41, 5.74) is 1.15. The maximum Gasteiger partial charge on any atom is 0.326 e. The van der Waals surface area contributed by atoms with Crippen LogP contribution in [-0.2, 0) is 32.3 Å². The van der Waals surface area contributed by atoms with Gasteiger partial charge in [0.25, 0.3) is 0 Å². The van der Waals surface area contributed by atoms with Gasteiger partial charge in [0.2, 0.25) is 5.91 Å². The summed E-state index contributed by atoms with van der Waals surface area (Å²) in [6, 6.07) is 14.9. The fourth-order valence-corrected chi connectivity index (χ4v) is 4.71. The largest absolute Gasteiger partial charge is 0.488 e. The van der Waals surface area contributed by atoms with Crippen LogP contribution >= 0.6 is 0 Å². The first kappa shape index (κ1) is 28.4. The fraction of sp³-hybridized carbons (Fsp3) is 0.481. The third kappa shape index (κ3) is 9.02. The lowest BCUT2D eigenvalue weighted by molar-refractivity contribution is -0.142. The second-order valence-corrected chi connectivity index (χ2v) is 13.5. The first-order valence-electron chi connectivity index (χ1n) is 11.6. The van der Waals surface area contributed by atoms with E-state index in [-0.39, 0.29) is 24.2 Å². The van der Waals surface area contributed by atoms with E-state index in [4.69, 9.17) is 4.74 Å². The summed E-state index contributed by atoms with van der Waals surface area (Å²) in [6.45, 7) is 10.6. The molecule has 2 N–H and O–H groups in total. The second-order valence-electron chi connectivity index (χ2n) is 10.7. The molecule has 0 radical (unpaired) electrons. The number of ether oxygens (including phenoxy) is 1. The van der Waals surface area contributed by atoms with Gasteiger partial charge in [-0.1, -0.05) is 42.5 Å². The van der Waals surface area contributed by atoms with E-state index in [0.29, 0.717) is 11.3 Å². The Morgan fingerprint density at radius 2 is 1.43 bits per heavy atom. The number of sulfone groups is 1. The molecule has 1 amide bonds. The molecule has 192 valence electrons. The van der Waals surface area contributed by atoms with E-state index in [9.17, 15) is 23.1 Å². The van der Waals surface area contributed by atoms with Crippen molar-refractivity contribution >= 4 is 21.7 Å². The molecule has 7 nitrogen and oxygen atoms in total. The number of carbonyl (C=O) groups excluding carboxylic acids is 1. The molecule has 0 aliphatic heterocycles. The van der Waals surface area contributed by atoms with E-state index in [0.717, 1.165) is 5.56 Å². The molecule has 0 saturated carbocycles. The Bertz CT molecular complexity index is 1100. The minimum absolute atomic E-state index is 0.0565. The minimum atomic E-state index is -3.62. The molecule has 2 rings (SSSR count). The first-order valence-corrected chi connectivity index (χ1v) is 13.3. The van der Waals surface area contributed by atoms with E-state index in [1.165, 1.54) is 0 Å². The molecule has 0 heterocycles. The monoisotopic (exact) mass is 503 g/mol. The average molecular weight is 504 g/mol. The van der Waals surface area contributed by atoms with Crippen LogP contribution in [0.4, 0.5) is 0 Å². The van der Waals surface area contributed by atoms with Crippen molar-refractivity contribution in [1.29, 1.82) is 0 Å². The summed E-state index contributed by atoms with van der Waals surface area (Å²) in [5.74, 6) is -2.42. The molecule has 0 spiro atoms. The van der Waals surface area contributed by atoms with Crippen LogP contribution in [0.15, 0.2) is 54.6 Å². The Morgan fingerprint density at radius 3 is 1.91 bits per heavy atom. The van der Waals surface area contributed by atoms with E-state index in [1.54, 1.807) is 45.0 Å². The number of benzene rings is 2. The molecule has 8 heteroatoms. The van der Waals surface area contributed by atoms with Gasteiger partial charge in [-0.25, -0.2) is 13.2 Å². The molecule has 0 aliphatic rings. The van der Waals surface area contributed by atoms with Crippen molar-refractivity contribution in [3.05, 3.63) is 65.7 Å². The molecule has 0 saturated heterocycles. The number of carbonyl (C=O) groups is 2. The summed E-state index contributed by atoms with van der Waals surface area (Å²) in [4.78, 5) is 25.2. The molecule has 35 heavy (non-hydrogen) atoms. The van der Waals surface area contributed by atoms with Gasteiger partial charge in [-0.05, 0) is 71.2 Å². The van der Waals surface area contributed by atoms with Gasteiger partial charge in [0.05, 0.1) is 16.4 Å². The van der Waals surface area contributed by atoms with Crippen molar-refractivity contribution in [2.75, 3.05) is 5.75 Å². The molecule has 2 aromatic rings. The van der Waals surface area contributed by atoms with Crippen LogP contribution in [0.5, 0.6) is 5.75 Å². The Hall–Kier alpha value is -2.87. The quantitative estimate of drug-likeness (QED) is 0.506. The molecule has 0 fully saturated rings. The summed E-state index contributed by atoms with van der Waals surface area (Å²) >= 11 is 0. The van der Waals surface area contributed by atoms with Crippen molar-refractivity contribution in [2.45, 2.75) is 70.8 Å². The van der Waals surface area contributed by atoms with Crippen molar-refractivity contribution < 1.29 is 27.9 Å². The zero-order valence-corrected chi connectivity index (χ0v) is 22.2. The van der Waals surface area contributed by atoms with Gasteiger partial charge in [-0.15, -0.1) is 0 Å². The van der Waals surface area contributed by atoms with Crippen molar-refractivity contribution in [3.8, 4) is 5.75 Å². The molecular weight excluding hydrogens is 466 g/mol. The zero-order valence-electron chi connectivity index (χ0n) is 21.4. The summed E-state index contributed by atoms with van der Waals surface area (Å²) in [7, 11) is -3.62. The van der Waals surface area contributed by atoms with Gasteiger partial charge >= 0.3 is 5.97 Å². The van der Waals surface area contributed by atoms with Gasteiger partial charge in [0.1, 0.15) is 17.4 Å². The fourth-order valence-electron chi connectivity index (χ4n) is 3.41. The van der Waals surface area contributed by atoms with Crippen LogP contribution in [0.25, 0.3) is 0 Å². The maximum atomic E-state index is 13.2.